The zero-order valence-electron chi connectivity index (χ0n) is 8.40. The molecule has 74 valence electrons. The van der Waals surface area contributed by atoms with Crippen molar-refractivity contribution in [3.63, 3.8) is 0 Å². The third kappa shape index (κ3) is 1.40. The highest BCUT2D eigenvalue weighted by Gasteiger charge is 2.08. The van der Waals surface area contributed by atoms with Gasteiger partial charge in [0, 0.05) is 11.8 Å². The van der Waals surface area contributed by atoms with Crippen LogP contribution in [0, 0.1) is 0 Å². The second kappa shape index (κ2) is 3.80. The van der Waals surface area contributed by atoms with E-state index in [1.165, 1.54) is 16.8 Å². The van der Waals surface area contributed by atoms with Crippen LogP contribution in [0.4, 0.5) is 0 Å². The number of nitrogens with zero attached hydrogens (tertiary/aromatic N) is 2. The van der Waals surface area contributed by atoms with Crippen LogP contribution in [-0.4, -0.2) is 16.2 Å². The van der Waals surface area contributed by atoms with Crippen LogP contribution in [0.1, 0.15) is 18.2 Å². The Balaban J connectivity index is 2.61. The average molecular weight is 189 g/mol. The molecule has 14 heavy (non-hydrogen) atoms. The lowest BCUT2D eigenvalue weighted by Gasteiger charge is -1.97. The number of rotatable bonds is 3. The molecule has 0 radical (unpaired) electrons. The first kappa shape index (κ1) is 9.21. The monoisotopic (exact) mass is 189 g/mol. The van der Waals surface area contributed by atoms with Crippen molar-refractivity contribution in [3.05, 3.63) is 35.7 Å². The highest BCUT2D eigenvalue weighted by atomic mass is 15.2. The van der Waals surface area contributed by atoms with Crippen molar-refractivity contribution >= 4 is 5.52 Å². The molecule has 0 spiro atoms. The third-order valence-electron chi connectivity index (χ3n) is 2.45. The molecule has 0 aliphatic heterocycles. The first-order valence-corrected chi connectivity index (χ1v) is 5.02. The molecule has 0 fully saturated rings. The molecule has 0 unspecified atom stereocenters. The van der Waals surface area contributed by atoms with Crippen molar-refractivity contribution < 1.29 is 0 Å². The van der Waals surface area contributed by atoms with Gasteiger partial charge in [-0.1, -0.05) is 13.0 Å². The van der Waals surface area contributed by atoms with Crippen LogP contribution in [0.3, 0.4) is 0 Å². The van der Waals surface area contributed by atoms with Crippen molar-refractivity contribution in [2.24, 2.45) is 5.73 Å². The summed E-state index contributed by atoms with van der Waals surface area (Å²) >= 11 is 0. The van der Waals surface area contributed by atoms with E-state index >= 15 is 0 Å². The second-order valence-electron chi connectivity index (χ2n) is 3.35. The molecule has 2 N–H and O–H groups in total. The smallest absolute Gasteiger partial charge is 0.0696 e. The molecule has 2 aromatic heterocycles. The van der Waals surface area contributed by atoms with E-state index in [-0.39, 0.29) is 0 Å². The van der Waals surface area contributed by atoms with Gasteiger partial charge in [-0.25, -0.2) is 4.52 Å². The molecule has 0 bridgehead atoms. The van der Waals surface area contributed by atoms with E-state index in [1.54, 1.807) is 0 Å². The Bertz CT molecular complexity index is 431. The van der Waals surface area contributed by atoms with Gasteiger partial charge in [-0.05, 0) is 31.5 Å². The van der Waals surface area contributed by atoms with Gasteiger partial charge in [0.15, 0.2) is 0 Å². The summed E-state index contributed by atoms with van der Waals surface area (Å²) in [5.41, 5.74) is 9.26. The Labute approximate surface area is 83.5 Å². The normalized spacial score (nSPS) is 11.0. The van der Waals surface area contributed by atoms with Crippen LogP contribution in [0.15, 0.2) is 24.4 Å². The average Bonchev–Trinajstić information content (AvgIpc) is 2.58. The van der Waals surface area contributed by atoms with E-state index < -0.39 is 0 Å². The molecule has 0 aromatic carbocycles. The van der Waals surface area contributed by atoms with Crippen molar-refractivity contribution in [3.8, 4) is 0 Å². The van der Waals surface area contributed by atoms with E-state index in [0.717, 1.165) is 12.8 Å². The summed E-state index contributed by atoms with van der Waals surface area (Å²) < 4.78 is 1.93. The van der Waals surface area contributed by atoms with Gasteiger partial charge in [-0.15, -0.1) is 0 Å². The van der Waals surface area contributed by atoms with Gasteiger partial charge in [0.05, 0.1) is 11.2 Å². The summed E-state index contributed by atoms with van der Waals surface area (Å²) in [7, 11) is 0. The summed E-state index contributed by atoms with van der Waals surface area (Å²) in [5.74, 6) is 0. The number of hydrogen-bond donors (Lipinski definition) is 1. The van der Waals surface area contributed by atoms with E-state index in [9.17, 15) is 0 Å². The summed E-state index contributed by atoms with van der Waals surface area (Å²) in [6, 6.07) is 6.12. The largest absolute Gasteiger partial charge is 0.330 e. The number of pyridine rings is 1. The summed E-state index contributed by atoms with van der Waals surface area (Å²) in [5, 5.41) is 4.51. The molecule has 0 aliphatic rings. The van der Waals surface area contributed by atoms with Gasteiger partial charge < -0.3 is 5.73 Å². The van der Waals surface area contributed by atoms with Gasteiger partial charge in [-0.3, -0.25) is 0 Å². The molecule has 0 aliphatic carbocycles. The zero-order valence-corrected chi connectivity index (χ0v) is 8.40. The summed E-state index contributed by atoms with van der Waals surface area (Å²) in [6.45, 7) is 2.81. The van der Waals surface area contributed by atoms with Crippen LogP contribution in [0.2, 0.25) is 0 Å². The van der Waals surface area contributed by atoms with E-state index in [4.69, 9.17) is 5.73 Å². The topological polar surface area (TPSA) is 43.3 Å². The van der Waals surface area contributed by atoms with Gasteiger partial charge in [0.2, 0.25) is 0 Å². The fourth-order valence-electron chi connectivity index (χ4n) is 1.80. The predicted molar refractivity (Wildman–Crippen MR) is 57.3 cm³/mol. The van der Waals surface area contributed by atoms with Crippen LogP contribution >= 0.6 is 0 Å². The van der Waals surface area contributed by atoms with Crippen LogP contribution in [0.25, 0.3) is 5.52 Å². The quantitative estimate of drug-likeness (QED) is 0.793. The van der Waals surface area contributed by atoms with Gasteiger partial charge in [0.25, 0.3) is 0 Å². The molecular weight excluding hydrogens is 174 g/mol. The number of hydrogen-bond acceptors (Lipinski definition) is 2. The highest BCUT2D eigenvalue weighted by molar-refractivity contribution is 5.56. The SMILES string of the molecule is CCc1nn2ccccc2c1CCN. The fraction of sp³-hybridized carbons (Fsp3) is 0.364. The minimum Gasteiger partial charge on any atom is -0.330 e. The number of nitrogens with two attached hydrogens (primary N) is 1. The first-order valence-electron chi connectivity index (χ1n) is 5.02. The first-order chi connectivity index (χ1) is 6.86. The molecule has 3 heteroatoms. The Morgan fingerprint density at radius 3 is 3.00 bits per heavy atom. The number of aryl methyl sites for hydroxylation is 1. The minimum atomic E-state index is 0.684. The predicted octanol–water partition coefficient (Wildman–Crippen LogP) is 1.40. The minimum absolute atomic E-state index is 0.684. The number of aromatic nitrogens is 2. The molecule has 2 heterocycles. The standard InChI is InChI=1S/C11H15N3/c1-2-10-9(6-7-12)11-5-3-4-8-14(11)13-10/h3-5,8H,2,6-7,12H2,1H3. The lowest BCUT2D eigenvalue weighted by Crippen LogP contribution is -2.04. The molecule has 0 atom stereocenters. The second-order valence-corrected chi connectivity index (χ2v) is 3.35. The summed E-state index contributed by atoms with van der Waals surface area (Å²) in [4.78, 5) is 0. The molecule has 2 rings (SSSR count). The van der Waals surface area contributed by atoms with E-state index in [0.29, 0.717) is 6.54 Å². The molecule has 0 saturated heterocycles. The van der Waals surface area contributed by atoms with Gasteiger partial charge in [0.1, 0.15) is 0 Å². The molecule has 3 nitrogen and oxygen atoms in total. The maximum Gasteiger partial charge on any atom is 0.0696 e. The maximum absolute atomic E-state index is 5.60. The van der Waals surface area contributed by atoms with Crippen molar-refractivity contribution in [2.75, 3.05) is 6.54 Å². The Hall–Kier alpha value is -1.35. The van der Waals surface area contributed by atoms with Crippen LogP contribution in [0.5, 0.6) is 0 Å². The lowest BCUT2D eigenvalue weighted by molar-refractivity contribution is 0.884. The van der Waals surface area contributed by atoms with Crippen LogP contribution in [-0.2, 0) is 12.8 Å². The fourth-order valence-corrected chi connectivity index (χ4v) is 1.80. The third-order valence-corrected chi connectivity index (χ3v) is 2.45. The number of fused-ring (bicyclic) bond motifs is 1. The Morgan fingerprint density at radius 1 is 1.43 bits per heavy atom. The molecule has 2 aromatic rings. The van der Waals surface area contributed by atoms with Crippen molar-refractivity contribution in [1.82, 2.24) is 9.61 Å². The van der Waals surface area contributed by atoms with Crippen molar-refractivity contribution in [1.29, 1.82) is 0 Å². The van der Waals surface area contributed by atoms with Crippen LogP contribution < -0.4 is 5.73 Å². The van der Waals surface area contributed by atoms with Gasteiger partial charge >= 0.3 is 0 Å². The maximum atomic E-state index is 5.60. The highest BCUT2D eigenvalue weighted by Crippen LogP contribution is 2.16. The van der Waals surface area contributed by atoms with Gasteiger partial charge in [-0.2, -0.15) is 5.10 Å². The lowest BCUT2D eigenvalue weighted by atomic mass is 10.1. The summed E-state index contributed by atoms with van der Waals surface area (Å²) in [6.07, 6.45) is 3.86. The zero-order chi connectivity index (χ0) is 9.97. The Kier molecular flexibility index (Phi) is 2.50. The van der Waals surface area contributed by atoms with Crippen molar-refractivity contribution in [2.45, 2.75) is 19.8 Å². The molecule has 0 saturated carbocycles. The van der Waals surface area contributed by atoms with E-state index in [2.05, 4.69) is 18.1 Å². The molecule has 0 amide bonds. The molecular formula is C11H15N3. The Morgan fingerprint density at radius 2 is 2.29 bits per heavy atom. The van der Waals surface area contributed by atoms with E-state index in [1.807, 2.05) is 22.8 Å².